The van der Waals surface area contributed by atoms with Crippen molar-refractivity contribution in [3.05, 3.63) is 269 Å². The minimum absolute atomic E-state index is 0.103. The van der Waals surface area contributed by atoms with Gasteiger partial charge in [0, 0.05) is 16.5 Å². The highest BCUT2D eigenvalue weighted by Crippen LogP contribution is 2.63. The van der Waals surface area contributed by atoms with E-state index in [1.165, 1.54) is 127 Å². The first-order chi connectivity index (χ1) is 33.7. The third kappa shape index (κ3) is 4.71. The Balaban J connectivity index is 1.02. The first-order valence-electron chi connectivity index (χ1n) is 24.7. The number of para-hydroxylation sites is 1. The van der Waals surface area contributed by atoms with Gasteiger partial charge in [-0.2, -0.15) is 0 Å². The second kappa shape index (κ2) is 13.5. The summed E-state index contributed by atoms with van der Waals surface area (Å²) in [5.41, 5.74) is 24.3. The number of rotatable bonds is 2. The molecule has 0 radical (unpaired) electrons. The maximum Gasteiger partial charge on any atom is 0.182 e. The molecular formula is C67H49NSi. The van der Waals surface area contributed by atoms with Crippen molar-refractivity contribution in [2.24, 2.45) is 0 Å². The Bertz CT molecular complexity index is 3770. The molecular weight excluding hydrogens is 847 g/mol. The molecule has 0 atom stereocenters. The molecule has 0 unspecified atom stereocenters. The van der Waals surface area contributed by atoms with E-state index in [2.05, 4.69) is 257 Å². The van der Waals surface area contributed by atoms with E-state index in [-0.39, 0.29) is 10.8 Å². The second-order valence-corrected chi connectivity index (χ2v) is 24.8. The zero-order valence-corrected chi connectivity index (χ0v) is 40.3. The summed E-state index contributed by atoms with van der Waals surface area (Å²) < 4.78 is 0. The maximum absolute atomic E-state index is 2.70. The fourth-order valence-electron chi connectivity index (χ4n) is 14.4. The first-order valence-corrected chi connectivity index (χ1v) is 26.7. The van der Waals surface area contributed by atoms with E-state index in [1.54, 1.807) is 0 Å². The lowest BCUT2D eigenvalue weighted by Crippen LogP contribution is -2.70. The van der Waals surface area contributed by atoms with Crippen LogP contribution in [0.4, 0.5) is 17.1 Å². The van der Waals surface area contributed by atoms with E-state index in [1.807, 2.05) is 0 Å². The molecule has 326 valence electrons. The monoisotopic (exact) mass is 895 g/mol. The summed E-state index contributed by atoms with van der Waals surface area (Å²) in [6.45, 7) is 9.62. The summed E-state index contributed by atoms with van der Waals surface area (Å²) in [6, 6.07) is 87.0. The minimum Gasteiger partial charge on any atom is -0.310 e. The van der Waals surface area contributed by atoms with Gasteiger partial charge in [-0.3, -0.25) is 0 Å². The number of nitrogens with zero attached hydrogens (tertiary/aromatic N) is 1. The lowest BCUT2D eigenvalue weighted by Gasteiger charge is -2.52. The molecule has 0 amide bonds. The highest BCUT2D eigenvalue weighted by molar-refractivity contribution is 7.24. The molecule has 0 saturated heterocycles. The van der Waals surface area contributed by atoms with Crippen molar-refractivity contribution in [3.8, 4) is 44.5 Å². The Hall–Kier alpha value is -7.78. The highest BCUT2D eigenvalue weighted by atomic mass is 28.3. The number of hydrogen-bond acceptors (Lipinski definition) is 1. The van der Waals surface area contributed by atoms with Gasteiger partial charge in [0.15, 0.2) is 8.07 Å². The van der Waals surface area contributed by atoms with Gasteiger partial charge in [-0.05, 0) is 146 Å². The van der Waals surface area contributed by atoms with Crippen molar-refractivity contribution in [1.29, 1.82) is 0 Å². The highest BCUT2D eigenvalue weighted by Gasteiger charge is 2.56. The van der Waals surface area contributed by atoms with Crippen molar-refractivity contribution in [2.45, 2.75) is 43.9 Å². The first kappa shape index (κ1) is 39.2. The van der Waals surface area contributed by atoms with Crippen LogP contribution >= 0.6 is 0 Å². The standard InChI is InChI=1S/C67H49NSi/c1-65(2)51-23-9-5-19-45(51)46-36-33-42(39-57(46)65)43-34-38-60-58(40-43)67(54-26-12-10-24-52(54)66(3,4)53-25-11-13-27-55(53)67)56-28-14-15-29-59(56)68(60)44-35-37-50-49-22-8-18-32-63(49)69(64(50)41-44)61-30-16-6-20-47(61)48-21-7-17-31-62(48)69/h5-41H,1-4H3. The topological polar surface area (TPSA) is 3.24 Å². The molecule has 0 N–H and O–H groups in total. The second-order valence-electron chi connectivity index (χ2n) is 21.1. The van der Waals surface area contributed by atoms with Crippen LogP contribution < -0.4 is 25.6 Å². The van der Waals surface area contributed by atoms with Crippen LogP contribution in [-0.2, 0) is 16.2 Å². The van der Waals surface area contributed by atoms with Crippen molar-refractivity contribution in [1.82, 2.24) is 0 Å². The summed E-state index contributed by atoms with van der Waals surface area (Å²) in [5, 5.41) is 5.97. The summed E-state index contributed by atoms with van der Waals surface area (Å²) in [5.74, 6) is 0. The third-order valence-corrected chi connectivity index (χ3v) is 22.3. The molecule has 69 heavy (non-hydrogen) atoms. The molecule has 2 heteroatoms. The molecule has 3 heterocycles. The molecule has 10 aromatic carbocycles. The van der Waals surface area contributed by atoms with Crippen molar-refractivity contribution >= 4 is 45.9 Å². The van der Waals surface area contributed by atoms with Gasteiger partial charge in [0.1, 0.15) is 0 Å². The summed E-state index contributed by atoms with van der Waals surface area (Å²) in [7, 11) is -2.70. The van der Waals surface area contributed by atoms with E-state index in [4.69, 9.17) is 0 Å². The van der Waals surface area contributed by atoms with Crippen LogP contribution in [0.3, 0.4) is 0 Å². The molecule has 10 aromatic rings. The van der Waals surface area contributed by atoms with Gasteiger partial charge in [0.2, 0.25) is 0 Å². The number of anilines is 3. The SMILES string of the molecule is CC1(C)c2ccccc2-c2ccc(-c3ccc4c(c3)C3(c5ccccc5N4c4ccc5c(c4)[Si]4(c6ccccc6-c6ccccc64)c4ccccc4-5)c4ccccc4C(C)(C)c4ccccc43)cc21. The molecule has 0 aromatic heterocycles. The van der Waals surface area contributed by atoms with Gasteiger partial charge < -0.3 is 4.90 Å². The zero-order valence-electron chi connectivity index (χ0n) is 39.3. The normalized spacial score (nSPS) is 16.6. The Labute approximate surface area is 406 Å². The largest absolute Gasteiger partial charge is 0.310 e. The predicted molar refractivity (Wildman–Crippen MR) is 290 cm³/mol. The fraction of sp³-hybridized carbons (Fsp3) is 0.104. The molecule has 15 rings (SSSR count). The Morgan fingerprint density at radius 1 is 0.290 bits per heavy atom. The fourth-order valence-corrected chi connectivity index (χ4v) is 20.1. The van der Waals surface area contributed by atoms with Crippen LogP contribution in [0.15, 0.2) is 224 Å². The number of hydrogen-bond donors (Lipinski definition) is 0. The third-order valence-electron chi connectivity index (χ3n) is 17.4. The van der Waals surface area contributed by atoms with E-state index < -0.39 is 13.5 Å². The Morgan fingerprint density at radius 3 is 1.30 bits per heavy atom. The molecule has 0 fully saturated rings. The molecule has 2 spiro atoms. The molecule has 1 nitrogen and oxygen atoms in total. The van der Waals surface area contributed by atoms with Gasteiger partial charge in [0.25, 0.3) is 0 Å². The number of fused-ring (bicyclic) bond motifs is 21. The molecule has 0 bridgehead atoms. The summed E-state index contributed by atoms with van der Waals surface area (Å²) in [6.07, 6.45) is 0. The van der Waals surface area contributed by atoms with Crippen LogP contribution in [0.25, 0.3) is 44.5 Å². The van der Waals surface area contributed by atoms with Gasteiger partial charge in [-0.25, -0.2) is 0 Å². The Kier molecular flexibility index (Phi) is 7.66. The molecule has 2 aliphatic carbocycles. The van der Waals surface area contributed by atoms with Crippen LogP contribution in [0.1, 0.15) is 72.2 Å². The zero-order chi connectivity index (χ0) is 46.0. The van der Waals surface area contributed by atoms with Crippen LogP contribution in [-0.4, -0.2) is 8.07 Å². The summed E-state index contributed by atoms with van der Waals surface area (Å²) >= 11 is 0. The van der Waals surface area contributed by atoms with Gasteiger partial charge in [0.05, 0.1) is 16.8 Å². The van der Waals surface area contributed by atoms with Crippen LogP contribution in [0.5, 0.6) is 0 Å². The average Bonchev–Trinajstić information content (AvgIpc) is 3.95. The van der Waals surface area contributed by atoms with Crippen LogP contribution in [0.2, 0.25) is 0 Å². The summed E-state index contributed by atoms with van der Waals surface area (Å²) in [4.78, 5) is 2.62. The van der Waals surface area contributed by atoms with Crippen molar-refractivity contribution in [2.75, 3.05) is 4.90 Å². The predicted octanol–water partition coefficient (Wildman–Crippen LogP) is 13.8. The van der Waals surface area contributed by atoms with Gasteiger partial charge >= 0.3 is 0 Å². The van der Waals surface area contributed by atoms with E-state index in [9.17, 15) is 0 Å². The van der Waals surface area contributed by atoms with Gasteiger partial charge in [-0.15, -0.1) is 0 Å². The smallest absolute Gasteiger partial charge is 0.182 e. The quantitative estimate of drug-likeness (QED) is 0.156. The van der Waals surface area contributed by atoms with Crippen molar-refractivity contribution < 1.29 is 0 Å². The maximum atomic E-state index is 2.62. The number of benzene rings is 10. The Morgan fingerprint density at radius 2 is 0.696 bits per heavy atom. The lowest BCUT2D eigenvalue weighted by molar-refractivity contribution is 0.556. The van der Waals surface area contributed by atoms with E-state index in [0.717, 1.165) is 0 Å². The van der Waals surface area contributed by atoms with Crippen molar-refractivity contribution in [3.63, 3.8) is 0 Å². The van der Waals surface area contributed by atoms with E-state index >= 15 is 0 Å². The molecule has 5 aliphatic rings. The van der Waals surface area contributed by atoms with E-state index in [0.29, 0.717) is 0 Å². The van der Waals surface area contributed by atoms with Crippen LogP contribution in [0, 0.1) is 0 Å². The minimum atomic E-state index is -2.70. The lowest BCUT2D eigenvalue weighted by atomic mass is 9.53. The van der Waals surface area contributed by atoms with Gasteiger partial charge in [-0.1, -0.05) is 216 Å². The molecule has 3 aliphatic heterocycles. The molecule has 0 saturated carbocycles. The average molecular weight is 896 g/mol.